The number of aliphatic hydroxyl groups is 1. The molecule has 1 amide bonds. The molecule has 4 heteroatoms. The van der Waals surface area contributed by atoms with Gasteiger partial charge >= 0.3 is 0 Å². The molecule has 0 atom stereocenters. The largest absolute Gasteiger partial charge is 0.512 e. The maximum atomic E-state index is 12.5. The van der Waals surface area contributed by atoms with Crippen molar-refractivity contribution in [1.29, 1.82) is 0 Å². The quantitative estimate of drug-likeness (QED) is 0.652. The number of pyridine rings is 1. The first kappa shape index (κ1) is 12.8. The fourth-order valence-electron chi connectivity index (χ4n) is 1.76. The Balaban J connectivity index is 2.40. The highest BCUT2D eigenvalue weighted by molar-refractivity contribution is 6.20. The highest BCUT2D eigenvalue weighted by Gasteiger charge is 2.23. The van der Waals surface area contributed by atoms with Gasteiger partial charge in [0.25, 0.3) is 5.91 Å². The lowest BCUT2D eigenvalue weighted by Crippen LogP contribution is -2.26. The van der Waals surface area contributed by atoms with Gasteiger partial charge in [0.2, 0.25) is 0 Å². The van der Waals surface area contributed by atoms with Gasteiger partial charge in [0.15, 0.2) is 0 Å². The zero-order valence-corrected chi connectivity index (χ0v) is 10.6. The summed E-state index contributed by atoms with van der Waals surface area (Å²) in [6.45, 7) is 5.26. The van der Waals surface area contributed by atoms with Crippen LogP contribution in [0.5, 0.6) is 0 Å². The summed E-state index contributed by atoms with van der Waals surface area (Å²) in [5.74, 6) is -0.427. The molecule has 0 spiro atoms. The van der Waals surface area contributed by atoms with Crippen molar-refractivity contribution in [3.05, 3.63) is 72.6 Å². The highest BCUT2D eigenvalue weighted by Crippen LogP contribution is 2.22. The van der Waals surface area contributed by atoms with E-state index in [9.17, 15) is 9.90 Å². The Hall–Kier alpha value is -2.62. The topological polar surface area (TPSA) is 53.4 Å². The van der Waals surface area contributed by atoms with E-state index in [0.717, 1.165) is 0 Å². The summed E-state index contributed by atoms with van der Waals surface area (Å²) in [7, 11) is 0. The average Bonchev–Trinajstić information content (AvgIpc) is 2.40. The van der Waals surface area contributed by atoms with Crippen molar-refractivity contribution in [1.82, 2.24) is 9.88 Å². The number of hydrogen-bond acceptors (Lipinski definition) is 3. The molecule has 0 saturated heterocycles. The molecule has 96 valence electrons. The molecule has 1 N–H and O–H groups in total. The summed E-state index contributed by atoms with van der Waals surface area (Å²) in [6.07, 6.45) is 8.43. The van der Waals surface area contributed by atoms with Gasteiger partial charge in [0.05, 0.1) is 5.69 Å². The molecule has 1 aromatic rings. The monoisotopic (exact) mass is 254 g/mol. The second-order valence-electron chi connectivity index (χ2n) is 4.04. The van der Waals surface area contributed by atoms with Gasteiger partial charge in [-0.25, -0.2) is 0 Å². The first-order chi connectivity index (χ1) is 9.11. The molecular formula is C15H14N2O2. The minimum atomic E-state index is -0.357. The van der Waals surface area contributed by atoms with E-state index in [1.165, 1.54) is 11.8 Å². The van der Waals surface area contributed by atoms with Crippen LogP contribution in [-0.4, -0.2) is 20.9 Å². The number of aromatic nitrogens is 1. The number of nitrogens with zero attached hydrogens (tertiary/aromatic N) is 2. The zero-order valence-electron chi connectivity index (χ0n) is 10.6. The first-order valence-corrected chi connectivity index (χ1v) is 5.80. The SMILES string of the molecule is C=C1C=CC=CN1C(=O)/C(=C(\C)O)c1ccccn1. The summed E-state index contributed by atoms with van der Waals surface area (Å²) >= 11 is 0. The van der Waals surface area contributed by atoms with Crippen LogP contribution in [0.25, 0.3) is 5.57 Å². The van der Waals surface area contributed by atoms with Crippen molar-refractivity contribution < 1.29 is 9.90 Å². The summed E-state index contributed by atoms with van der Waals surface area (Å²) < 4.78 is 0. The molecule has 1 aromatic heterocycles. The Kier molecular flexibility index (Phi) is 3.61. The van der Waals surface area contributed by atoms with Crippen molar-refractivity contribution in [3.63, 3.8) is 0 Å². The van der Waals surface area contributed by atoms with Gasteiger partial charge < -0.3 is 5.11 Å². The molecule has 0 radical (unpaired) electrons. The average molecular weight is 254 g/mol. The van der Waals surface area contributed by atoms with Crippen LogP contribution >= 0.6 is 0 Å². The van der Waals surface area contributed by atoms with E-state index < -0.39 is 0 Å². The van der Waals surface area contributed by atoms with E-state index in [-0.39, 0.29) is 17.2 Å². The normalized spacial score (nSPS) is 15.4. The molecule has 1 aliphatic heterocycles. The Morgan fingerprint density at radius 1 is 1.37 bits per heavy atom. The zero-order chi connectivity index (χ0) is 13.8. The van der Waals surface area contributed by atoms with Crippen LogP contribution < -0.4 is 0 Å². The number of carbonyl (C=O) groups excluding carboxylic acids is 1. The predicted molar refractivity (Wildman–Crippen MR) is 73.7 cm³/mol. The summed E-state index contributed by atoms with van der Waals surface area (Å²) in [5.41, 5.74) is 1.15. The van der Waals surface area contributed by atoms with Crippen molar-refractivity contribution in [2.45, 2.75) is 6.92 Å². The Labute approximate surface area is 111 Å². The molecule has 1 aliphatic rings. The van der Waals surface area contributed by atoms with Gasteiger partial charge in [-0.2, -0.15) is 0 Å². The lowest BCUT2D eigenvalue weighted by atomic mass is 10.1. The molecule has 2 rings (SSSR count). The predicted octanol–water partition coefficient (Wildman–Crippen LogP) is 2.80. The standard InChI is InChI=1S/C15H14N2O2/c1-11-7-4-6-10-17(11)15(19)14(12(2)18)13-8-3-5-9-16-13/h3-10,18H,1H2,2H3/b14-12+. The lowest BCUT2D eigenvalue weighted by molar-refractivity contribution is -0.121. The third kappa shape index (κ3) is 2.63. The third-order valence-corrected chi connectivity index (χ3v) is 2.66. The molecule has 0 bridgehead atoms. The van der Waals surface area contributed by atoms with Crippen molar-refractivity contribution in [2.75, 3.05) is 0 Å². The van der Waals surface area contributed by atoms with E-state index in [4.69, 9.17) is 0 Å². The molecule has 0 fully saturated rings. The number of rotatable bonds is 2. The molecule has 4 nitrogen and oxygen atoms in total. The Bertz CT molecular complexity index is 594. The molecule has 0 unspecified atom stereocenters. The van der Waals surface area contributed by atoms with Gasteiger partial charge in [0, 0.05) is 18.1 Å². The van der Waals surface area contributed by atoms with Crippen LogP contribution in [0.15, 0.2) is 66.9 Å². The summed E-state index contributed by atoms with van der Waals surface area (Å²) in [5, 5.41) is 9.77. The van der Waals surface area contributed by atoms with Crippen LogP contribution in [0.3, 0.4) is 0 Å². The fourth-order valence-corrected chi connectivity index (χ4v) is 1.76. The minimum Gasteiger partial charge on any atom is -0.512 e. The Morgan fingerprint density at radius 2 is 2.16 bits per heavy atom. The maximum Gasteiger partial charge on any atom is 0.267 e. The van der Waals surface area contributed by atoms with Gasteiger partial charge in [0.1, 0.15) is 11.3 Å². The Morgan fingerprint density at radius 3 is 2.74 bits per heavy atom. The smallest absolute Gasteiger partial charge is 0.267 e. The second-order valence-corrected chi connectivity index (χ2v) is 4.04. The van der Waals surface area contributed by atoms with Gasteiger partial charge in [-0.3, -0.25) is 14.7 Å². The molecule has 2 heterocycles. The van der Waals surface area contributed by atoms with Crippen molar-refractivity contribution in [3.8, 4) is 0 Å². The van der Waals surface area contributed by atoms with E-state index in [1.807, 2.05) is 0 Å². The first-order valence-electron chi connectivity index (χ1n) is 5.80. The fraction of sp³-hybridized carbons (Fsp3) is 0.0667. The van der Waals surface area contributed by atoms with E-state index in [0.29, 0.717) is 11.4 Å². The van der Waals surface area contributed by atoms with Gasteiger partial charge in [-0.05, 0) is 31.2 Å². The minimum absolute atomic E-state index is 0.0700. The van der Waals surface area contributed by atoms with Crippen LogP contribution in [0.2, 0.25) is 0 Å². The molecular weight excluding hydrogens is 240 g/mol. The number of carbonyl (C=O) groups is 1. The van der Waals surface area contributed by atoms with Gasteiger partial charge in [-0.15, -0.1) is 0 Å². The van der Waals surface area contributed by atoms with Crippen LogP contribution in [-0.2, 0) is 4.79 Å². The van der Waals surface area contributed by atoms with Crippen LogP contribution in [0.4, 0.5) is 0 Å². The maximum absolute atomic E-state index is 12.5. The third-order valence-electron chi connectivity index (χ3n) is 2.66. The molecule has 0 aliphatic carbocycles. The highest BCUT2D eigenvalue weighted by atomic mass is 16.3. The number of aliphatic hydroxyl groups excluding tert-OH is 1. The van der Waals surface area contributed by atoms with Crippen LogP contribution in [0, 0.1) is 0 Å². The van der Waals surface area contributed by atoms with Crippen molar-refractivity contribution >= 4 is 11.5 Å². The van der Waals surface area contributed by atoms with Crippen LogP contribution in [0.1, 0.15) is 12.6 Å². The van der Waals surface area contributed by atoms with E-state index in [2.05, 4.69) is 11.6 Å². The lowest BCUT2D eigenvalue weighted by Gasteiger charge is -2.22. The van der Waals surface area contributed by atoms with Gasteiger partial charge in [-0.1, -0.05) is 18.7 Å². The summed E-state index contributed by atoms with van der Waals surface area (Å²) in [6, 6.07) is 5.19. The number of amides is 1. The number of hydrogen-bond donors (Lipinski definition) is 1. The molecule has 0 aromatic carbocycles. The van der Waals surface area contributed by atoms with E-state index >= 15 is 0 Å². The molecule has 19 heavy (non-hydrogen) atoms. The second kappa shape index (κ2) is 5.35. The summed E-state index contributed by atoms with van der Waals surface area (Å²) in [4.78, 5) is 18.0. The van der Waals surface area contributed by atoms with Crippen molar-refractivity contribution in [2.24, 2.45) is 0 Å². The molecule has 0 saturated carbocycles. The van der Waals surface area contributed by atoms with E-state index in [1.54, 1.807) is 48.8 Å². The number of allylic oxidation sites excluding steroid dienone is 4.